The fraction of sp³-hybridized carbons (Fsp3) is 0.273. The molecule has 0 fully saturated rings. The Morgan fingerprint density at radius 1 is 1.19 bits per heavy atom. The van der Waals surface area contributed by atoms with Gasteiger partial charge in [-0.25, -0.2) is 0 Å². The van der Waals surface area contributed by atoms with E-state index in [2.05, 4.69) is 19.2 Å². The lowest BCUT2D eigenvalue weighted by Gasteiger charge is -2.12. The zero-order chi connectivity index (χ0) is 19.1. The summed E-state index contributed by atoms with van der Waals surface area (Å²) in [6.07, 6.45) is 1.57. The average molecular weight is 348 g/mol. The van der Waals surface area contributed by atoms with E-state index < -0.39 is 5.91 Å². The van der Waals surface area contributed by atoms with E-state index in [9.17, 15) is 10.1 Å². The molecular weight excluding hydrogens is 324 g/mol. The van der Waals surface area contributed by atoms with Crippen LogP contribution in [0, 0.1) is 31.1 Å². The maximum atomic E-state index is 12.5. The van der Waals surface area contributed by atoms with Gasteiger partial charge in [0.15, 0.2) is 0 Å². The number of ether oxygens (including phenoxy) is 1. The van der Waals surface area contributed by atoms with Crippen LogP contribution in [0.4, 0.5) is 5.69 Å². The Labute approximate surface area is 155 Å². The summed E-state index contributed by atoms with van der Waals surface area (Å²) < 4.78 is 5.79. The lowest BCUT2D eigenvalue weighted by atomic mass is 10.1. The molecule has 134 valence electrons. The van der Waals surface area contributed by atoms with Crippen molar-refractivity contribution >= 4 is 17.7 Å². The molecule has 4 heteroatoms. The average Bonchev–Trinajstić information content (AvgIpc) is 2.62. The third-order valence-electron chi connectivity index (χ3n) is 4.01. The zero-order valence-electron chi connectivity index (χ0n) is 15.7. The van der Waals surface area contributed by atoms with Crippen molar-refractivity contribution in [3.8, 4) is 11.8 Å². The number of aryl methyl sites for hydroxylation is 1. The smallest absolute Gasteiger partial charge is 0.266 e. The molecule has 0 saturated heterocycles. The van der Waals surface area contributed by atoms with E-state index in [-0.39, 0.29) is 5.57 Å². The molecule has 0 spiro atoms. The van der Waals surface area contributed by atoms with Crippen LogP contribution in [0.1, 0.15) is 30.5 Å². The second-order valence-corrected chi connectivity index (χ2v) is 6.61. The largest absolute Gasteiger partial charge is 0.493 e. The first-order valence-corrected chi connectivity index (χ1v) is 8.63. The molecule has 0 saturated carbocycles. The Bertz CT molecular complexity index is 861. The number of para-hydroxylation sites is 1. The quantitative estimate of drug-likeness (QED) is 0.597. The highest BCUT2D eigenvalue weighted by molar-refractivity contribution is 6.10. The first-order valence-electron chi connectivity index (χ1n) is 8.63. The normalized spacial score (nSPS) is 11.2. The Kier molecular flexibility index (Phi) is 6.57. The van der Waals surface area contributed by atoms with Crippen LogP contribution in [0.15, 0.2) is 48.0 Å². The maximum absolute atomic E-state index is 12.5. The number of anilines is 1. The van der Waals surface area contributed by atoms with Gasteiger partial charge >= 0.3 is 0 Å². The zero-order valence-corrected chi connectivity index (χ0v) is 15.7. The summed E-state index contributed by atoms with van der Waals surface area (Å²) in [6.45, 7) is 8.62. The van der Waals surface area contributed by atoms with E-state index in [0.29, 0.717) is 29.5 Å². The molecule has 0 unspecified atom stereocenters. The van der Waals surface area contributed by atoms with Gasteiger partial charge in [0.25, 0.3) is 5.91 Å². The molecule has 2 aromatic rings. The molecule has 2 aromatic carbocycles. The molecule has 0 aliphatic heterocycles. The molecule has 0 aromatic heterocycles. The Morgan fingerprint density at radius 2 is 1.92 bits per heavy atom. The number of hydrogen-bond acceptors (Lipinski definition) is 3. The first kappa shape index (κ1) is 19.3. The minimum Gasteiger partial charge on any atom is -0.493 e. The van der Waals surface area contributed by atoms with E-state index in [1.807, 2.05) is 62.4 Å². The van der Waals surface area contributed by atoms with Crippen LogP contribution in [0.5, 0.6) is 5.75 Å². The van der Waals surface area contributed by atoms with Crippen LogP contribution in [0.2, 0.25) is 0 Å². The molecule has 0 heterocycles. The molecule has 0 radical (unpaired) electrons. The van der Waals surface area contributed by atoms with Crippen molar-refractivity contribution in [2.45, 2.75) is 27.7 Å². The minimum absolute atomic E-state index is 0.0338. The van der Waals surface area contributed by atoms with Crippen LogP contribution < -0.4 is 10.1 Å². The molecule has 0 bridgehead atoms. The van der Waals surface area contributed by atoms with Crippen molar-refractivity contribution < 1.29 is 9.53 Å². The van der Waals surface area contributed by atoms with Crippen LogP contribution in [0.25, 0.3) is 6.08 Å². The predicted molar refractivity (Wildman–Crippen MR) is 105 cm³/mol. The van der Waals surface area contributed by atoms with Crippen LogP contribution >= 0.6 is 0 Å². The predicted octanol–water partition coefficient (Wildman–Crippen LogP) is 4.88. The molecule has 0 aliphatic rings. The summed E-state index contributed by atoms with van der Waals surface area (Å²) >= 11 is 0. The van der Waals surface area contributed by atoms with Crippen molar-refractivity contribution in [1.29, 1.82) is 5.26 Å². The number of nitriles is 1. The second-order valence-electron chi connectivity index (χ2n) is 6.61. The lowest BCUT2D eigenvalue weighted by molar-refractivity contribution is -0.112. The Morgan fingerprint density at radius 3 is 2.62 bits per heavy atom. The summed E-state index contributed by atoms with van der Waals surface area (Å²) in [5.74, 6) is 0.614. The molecule has 1 N–H and O–H groups in total. The van der Waals surface area contributed by atoms with Crippen LogP contribution in [0.3, 0.4) is 0 Å². The lowest BCUT2D eigenvalue weighted by Crippen LogP contribution is -2.14. The van der Waals surface area contributed by atoms with Gasteiger partial charge in [0.2, 0.25) is 0 Å². The van der Waals surface area contributed by atoms with E-state index in [1.165, 1.54) is 0 Å². The Hall–Kier alpha value is -3.06. The summed E-state index contributed by atoms with van der Waals surface area (Å²) in [7, 11) is 0. The number of amides is 1. The third kappa shape index (κ3) is 4.97. The van der Waals surface area contributed by atoms with Gasteiger partial charge < -0.3 is 10.1 Å². The molecule has 2 rings (SSSR count). The van der Waals surface area contributed by atoms with Crippen molar-refractivity contribution in [1.82, 2.24) is 0 Å². The standard InChI is InChI=1S/C22H24N2O2/c1-15(2)14-26-21-11-6-5-9-18(21)12-19(13-23)22(25)24-20-10-7-8-16(3)17(20)4/h5-12,15H,14H2,1-4H3,(H,24,25)/b19-12+. The highest BCUT2D eigenvalue weighted by Gasteiger charge is 2.13. The third-order valence-corrected chi connectivity index (χ3v) is 4.01. The van der Waals surface area contributed by atoms with Gasteiger partial charge in [-0.2, -0.15) is 5.26 Å². The Balaban J connectivity index is 2.26. The maximum Gasteiger partial charge on any atom is 0.266 e. The number of carbonyl (C=O) groups is 1. The molecule has 0 atom stereocenters. The number of hydrogen-bond donors (Lipinski definition) is 1. The number of carbonyl (C=O) groups excluding carboxylic acids is 1. The van der Waals surface area contributed by atoms with Crippen molar-refractivity contribution in [3.05, 3.63) is 64.7 Å². The number of rotatable bonds is 6. The van der Waals surface area contributed by atoms with E-state index in [4.69, 9.17) is 4.74 Å². The summed E-state index contributed by atoms with van der Waals surface area (Å²) in [6, 6.07) is 15.1. The van der Waals surface area contributed by atoms with E-state index >= 15 is 0 Å². The highest BCUT2D eigenvalue weighted by atomic mass is 16.5. The second kappa shape index (κ2) is 8.87. The van der Waals surface area contributed by atoms with Crippen LogP contribution in [-0.4, -0.2) is 12.5 Å². The number of nitrogens with zero attached hydrogens (tertiary/aromatic N) is 1. The van der Waals surface area contributed by atoms with Crippen molar-refractivity contribution in [2.75, 3.05) is 11.9 Å². The number of benzene rings is 2. The monoisotopic (exact) mass is 348 g/mol. The van der Waals surface area contributed by atoms with Crippen molar-refractivity contribution in [3.63, 3.8) is 0 Å². The number of nitrogens with one attached hydrogen (secondary N) is 1. The van der Waals surface area contributed by atoms with Crippen LogP contribution in [-0.2, 0) is 4.79 Å². The molecular formula is C22H24N2O2. The van der Waals surface area contributed by atoms with Gasteiger partial charge in [-0.15, -0.1) is 0 Å². The topological polar surface area (TPSA) is 62.1 Å². The highest BCUT2D eigenvalue weighted by Crippen LogP contribution is 2.23. The molecule has 1 amide bonds. The SMILES string of the molecule is Cc1cccc(NC(=O)/C(C#N)=C/c2ccccc2OCC(C)C)c1C. The summed E-state index contributed by atoms with van der Waals surface area (Å²) in [5.41, 5.74) is 3.52. The van der Waals surface area contributed by atoms with E-state index in [1.54, 1.807) is 6.08 Å². The molecule has 0 aliphatic carbocycles. The van der Waals surface area contributed by atoms with Gasteiger partial charge in [-0.05, 0) is 49.1 Å². The fourth-order valence-corrected chi connectivity index (χ4v) is 2.37. The van der Waals surface area contributed by atoms with Gasteiger partial charge in [0.1, 0.15) is 17.4 Å². The molecule has 4 nitrogen and oxygen atoms in total. The summed E-state index contributed by atoms with van der Waals surface area (Å²) in [4.78, 5) is 12.5. The van der Waals surface area contributed by atoms with Gasteiger partial charge in [0, 0.05) is 11.3 Å². The van der Waals surface area contributed by atoms with E-state index in [0.717, 1.165) is 11.1 Å². The summed E-state index contributed by atoms with van der Waals surface area (Å²) in [5, 5.41) is 12.3. The fourth-order valence-electron chi connectivity index (χ4n) is 2.37. The van der Waals surface area contributed by atoms with Gasteiger partial charge in [-0.1, -0.05) is 44.2 Å². The first-order chi connectivity index (χ1) is 12.4. The van der Waals surface area contributed by atoms with Crippen molar-refractivity contribution in [2.24, 2.45) is 5.92 Å². The molecule has 26 heavy (non-hydrogen) atoms. The van der Waals surface area contributed by atoms with Gasteiger partial charge in [-0.3, -0.25) is 4.79 Å². The van der Waals surface area contributed by atoms with Gasteiger partial charge in [0.05, 0.1) is 6.61 Å². The minimum atomic E-state index is -0.431.